The van der Waals surface area contributed by atoms with Crippen LogP contribution in [-0.2, 0) is 38.8 Å². The number of allylic oxidation sites excluding steroid dienone is 1. The van der Waals surface area contributed by atoms with Gasteiger partial charge in [0.1, 0.15) is 18.8 Å². The van der Waals surface area contributed by atoms with E-state index in [1.807, 2.05) is 60.7 Å². The Hall–Kier alpha value is -5.21. The van der Waals surface area contributed by atoms with Gasteiger partial charge in [0, 0.05) is 25.6 Å². The summed E-state index contributed by atoms with van der Waals surface area (Å²) in [5.74, 6) is 7.68. The van der Waals surface area contributed by atoms with E-state index in [-0.39, 0.29) is 42.6 Å². The number of esters is 1. The Morgan fingerprint density at radius 2 is 1.54 bits per heavy atom. The van der Waals surface area contributed by atoms with Crippen molar-refractivity contribution in [1.82, 2.24) is 9.55 Å². The van der Waals surface area contributed by atoms with Crippen molar-refractivity contribution in [2.24, 2.45) is 0 Å². The zero-order valence-electron chi connectivity index (χ0n) is 21.1. The molecule has 4 rings (SSSR count). The van der Waals surface area contributed by atoms with Gasteiger partial charge in [-0.1, -0.05) is 72.5 Å². The molecule has 0 radical (unpaired) electrons. The second kappa shape index (κ2) is 13.4. The number of aromatic amines is 1. The zero-order chi connectivity index (χ0) is 27.5. The number of unbranched alkanes of at least 4 members (excludes halogenated alkanes) is 2. The van der Waals surface area contributed by atoms with Gasteiger partial charge in [-0.25, -0.2) is 9.59 Å². The van der Waals surface area contributed by atoms with E-state index in [0.29, 0.717) is 19.3 Å². The van der Waals surface area contributed by atoms with Gasteiger partial charge in [0.05, 0.1) is 0 Å². The van der Waals surface area contributed by atoms with Crippen LogP contribution < -0.4 is 11.2 Å². The number of hydrogen-bond donors (Lipinski definition) is 1. The molecule has 0 spiro atoms. The monoisotopic (exact) mass is 522 g/mol. The van der Waals surface area contributed by atoms with E-state index < -0.39 is 17.2 Å². The Kier molecular flexibility index (Phi) is 9.20. The fourth-order valence-corrected chi connectivity index (χ4v) is 3.60. The molecule has 1 aliphatic rings. The number of carbonyl (C=O) groups excluding carboxylic acids is 1. The number of ether oxygens (including phenoxy) is 3. The Morgan fingerprint density at radius 1 is 0.897 bits per heavy atom. The largest absolute Gasteiger partial charge is 0.481 e. The molecule has 1 N–H and O–H groups in total. The smallest absolute Gasteiger partial charge is 0.383 e. The molecule has 0 amide bonds. The summed E-state index contributed by atoms with van der Waals surface area (Å²) >= 11 is 0. The molecule has 2 heterocycles. The van der Waals surface area contributed by atoms with Crippen molar-refractivity contribution in [3.8, 4) is 24.2 Å². The van der Waals surface area contributed by atoms with Gasteiger partial charge >= 0.3 is 11.7 Å². The highest BCUT2D eigenvalue weighted by Gasteiger charge is 2.34. The van der Waals surface area contributed by atoms with E-state index in [1.165, 1.54) is 16.8 Å². The summed E-state index contributed by atoms with van der Waals surface area (Å²) in [4.78, 5) is 39.6. The molecule has 0 aliphatic carbocycles. The quantitative estimate of drug-likeness (QED) is 0.247. The van der Waals surface area contributed by atoms with Gasteiger partial charge in [-0.3, -0.25) is 14.3 Å². The van der Waals surface area contributed by atoms with Gasteiger partial charge < -0.3 is 14.2 Å². The Balaban J connectivity index is 1.58. The molecule has 39 heavy (non-hydrogen) atoms. The Bertz CT molecular complexity index is 1600. The number of hydrogen-bond acceptors (Lipinski definition) is 6. The molecule has 0 unspecified atom stereocenters. The maximum Gasteiger partial charge on any atom is 0.383 e. The average Bonchev–Trinajstić information content (AvgIpc) is 3.25. The SMILES string of the molecule is C#CCCCC#Cc1cn(C/C=C2\OC(=O)C(OCc3ccccc3)=C2OCc2ccccc2)c(=O)[nH]c1=O. The molecule has 0 saturated carbocycles. The number of cyclic esters (lactones) is 1. The Labute approximate surface area is 225 Å². The standard InChI is InChI=1S/C31H26N2O6/c1-2-3-4-5-12-17-25-20-33(31(36)32-29(25)34)19-18-26-27(37-21-23-13-8-6-9-14-23)28(30(35)39-26)38-22-24-15-10-7-11-16-24/h1,6-11,13-16,18,20H,3-5,19,21-22H2,(H,32,34,36)/b26-18-. The highest BCUT2D eigenvalue weighted by molar-refractivity contribution is 5.91. The van der Waals surface area contributed by atoms with Crippen LogP contribution in [0.4, 0.5) is 0 Å². The number of terminal acetylenes is 1. The molecule has 2 aromatic carbocycles. The lowest BCUT2D eigenvalue weighted by molar-refractivity contribution is -0.136. The predicted molar refractivity (Wildman–Crippen MR) is 145 cm³/mol. The van der Waals surface area contributed by atoms with Crippen molar-refractivity contribution in [3.63, 3.8) is 0 Å². The lowest BCUT2D eigenvalue weighted by Crippen LogP contribution is -2.30. The maximum atomic E-state index is 12.7. The second-order valence-electron chi connectivity index (χ2n) is 8.48. The topological polar surface area (TPSA) is 99.6 Å². The Morgan fingerprint density at radius 3 is 2.18 bits per heavy atom. The van der Waals surface area contributed by atoms with Crippen molar-refractivity contribution in [3.05, 3.63) is 128 Å². The first-order chi connectivity index (χ1) is 19.0. The highest BCUT2D eigenvalue weighted by atomic mass is 16.6. The molecule has 0 saturated heterocycles. The molecule has 3 aromatic rings. The summed E-state index contributed by atoms with van der Waals surface area (Å²) in [5.41, 5.74) is 0.679. The summed E-state index contributed by atoms with van der Waals surface area (Å²) in [7, 11) is 0. The molecule has 0 atom stereocenters. The van der Waals surface area contributed by atoms with Gasteiger partial charge in [0.25, 0.3) is 11.3 Å². The number of benzene rings is 2. The predicted octanol–water partition coefficient (Wildman–Crippen LogP) is 3.78. The summed E-state index contributed by atoms with van der Waals surface area (Å²) in [6.07, 6.45) is 9.95. The molecule has 1 aliphatic heterocycles. The minimum Gasteiger partial charge on any atom is -0.481 e. The molecular formula is C31H26N2O6. The van der Waals surface area contributed by atoms with Crippen LogP contribution in [0.15, 0.2) is 99.8 Å². The fourth-order valence-electron chi connectivity index (χ4n) is 3.60. The maximum absolute atomic E-state index is 12.7. The number of nitrogens with zero attached hydrogens (tertiary/aromatic N) is 1. The van der Waals surface area contributed by atoms with Crippen molar-refractivity contribution in [2.75, 3.05) is 0 Å². The molecule has 0 fully saturated rings. The highest BCUT2D eigenvalue weighted by Crippen LogP contribution is 2.30. The van der Waals surface area contributed by atoms with Gasteiger partial charge in [-0.05, 0) is 23.6 Å². The van der Waals surface area contributed by atoms with Crippen molar-refractivity contribution < 1.29 is 19.0 Å². The third-order valence-corrected chi connectivity index (χ3v) is 5.60. The summed E-state index contributed by atoms with van der Waals surface area (Å²) in [6.45, 7) is 0.286. The van der Waals surface area contributed by atoms with Gasteiger partial charge in [-0.2, -0.15) is 0 Å². The van der Waals surface area contributed by atoms with Crippen LogP contribution in [0.2, 0.25) is 0 Å². The first kappa shape index (κ1) is 26.8. The van der Waals surface area contributed by atoms with Crippen LogP contribution >= 0.6 is 0 Å². The van der Waals surface area contributed by atoms with E-state index in [2.05, 4.69) is 22.7 Å². The third-order valence-electron chi connectivity index (χ3n) is 5.60. The molecule has 8 nitrogen and oxygen atoms in total. The minimum absolute atomic E-state index is 0.0197. The number of H-pyrrole nitrogens is 1. The van der Waals surface area contributed by atoms with E-state index in [4.69, 9.17) is 20.6 Å². The molecule has 0 bridgehead atoms. The fraction of sp³-hybridized carbons (Fsp3) is 0.194. The van der Waals surface area contributed by atoms with Gasteiger partial charge in [0.15, 0.2) is 5.76 Å². The minimum atomic E-state index is -0.701. The first-order valence-corrected chi connectivity index (χ1v) is 12.3. The molecular weight excluding hydrogens is 496 g/mol. The van der Waals surface area contributed by atoms with Gasteiger partial charge in [-0.15, -0.1) is 12.3 Å². The average molecular weight is 523 g/mol. The van der Waals surface area contributed by atoms with Crippen LogP contribution in [0.25, 0.3) is 0 Å². The van der Waals surface area contributed by atoms with E-state index in [0.717, 1.165) is 11.1 Å². The van der Waals surface area contributed by atoms with Crippen LogP contribution in [0.1, 0.15) is 36.0 Å². The lowest BCUT2D eigenvalue weighted by Gasteiger charge is -2.10. The summed E-state index contributed by atoms with van der Waals surface area (Å²) in [6, 6.07) is 18.8. The van der Waals surface area contributed by atoms with Crippen LogP contribution in [0.3, 0.4) is 0 Å². The summed E-state index contributed by atoms with van der Waals surface area (Å²) in [5, 5.41) is 0. The zero-order valence-corrected chi connectivity index (χ0v) is 21.1. The van der Waals surface area contributed by atoms with Crippen LogP contribution in [0.5, 0.6) is 0 Å². The molecule has 196 valence electrons. The normalized spacial score (nSPS) is 13.4. The number of aromatic nitrogens is 2. The van der Waals surface area contributed by atoms with E-state index in [1.54, 1.807) is 0 Å². The summed E-state index contributed by atoms with van der Waals surface area (Å²) < 4.78 is 18.5. The van der Waals surface area contributed by atoms with Crippen molar-refractivity contribution >= 4 is 5.97 Å². The number of rotatable bonds is 10. The van der Waals surface area contributed by atoms with Crippen LogP contribution in [-0.4, -0.2) is 15.5 Å². The molecule has 1 aromatic heterocycles. The van der Waals surface area contributed by atoms with Gasteiger partial charge in [0.2, 0.25) is 5.76 Å². The van der Waals surface area contributed by atoms with Crippen molar-refractivity contribution in [1.29, 1.82) is 0 Å². The molecule has 8 heteroatoms. The van der Waals surface area contributed by atoms with Crippen molar-refractivity contribution in [2.45, 2.75) is 39.0 Å². The number of carbonyl (C=O) groups is 1. The third kappa shape index (κ3) is 7.41. The lowest BCUT2D eigenvalue weighted by atomic mass is 10.2. The second-order valence-corrected chi connectivity index (χ2v) is 8.48. The first-order valence-electron chi connectivity index (χ1n) is 12.3. The van der Waals surface area contributed by atoms with E-state index in [9.17, 15) is 14.4 Å². The number of nitrogens with one attached hydrogen (secondary N) is 1. The van der Waals surface area contributed by atoms with Crippen LogP contribution in [0, 0.1) is 24.2 Å². The van der Waals surface area contributed by atoms with E-state index >= 15 is 0 Å².